The quantitative estimate of drug-likeness (QED) is 0.460. The minimum Gasteiger partial charge on any atom is -0.359 e. The van der Waals surface area contributed by atoms with Gasteiger partial charge in [0.05, 0.1) is 20.0 Å². The lowest BCUT2D eigenvalue weighted by atomic mass is 10.4. The molecule has 4 nitrogen and oxygen atoms in total. The third-order valence-corrected chi connectivity index (χ3v) is 4.27. The predicted octanol–water partition coefficient (Wildman–Crippen LogP) is 4.66. The van der Waals surface area contributed by atoms with Gasteiger partial charge < -0.3 is 9.55 Å². The Hall–Kier alpha value is -1.66. The van der Waals surface area contributed by atoms with Crippen LogP contribution >= 0.6 is 31.9 Å². The van der Waals surface area contributed by atoms with E-state index in [0.29, 0.717) is 0 Å². The Kier molecular flexibility index (Phi) is 4.07. The lowest BCUT2D eigenvalue weighted by molar-refractivity contribution is 0.966. The molecule has 0 aliphatic rings. The molecule has 4 heterocycles. The number of hydrogen-bond donors (Lipinski definition) is 1. The number of aromatic amines is 1. The van der Waals surface area contributed by atoms with E-state index in [2.05, 4.69) is 46.8 Å². The van der Waals surface area contributed by atoms with Crippen molar-refractivity contribution < 1.29 is 0 Å². The van der Waals surface area contributed by atoms with Crippen LogP contribution in [0.3, 0.4) is 0 Å². The molecule has 0 atom stereocenters. The molecule has 0 amide bonds. The summed E-state index contributed by atoms with van der Waals surface area (Å²) in [6, 6.07) is 7.89. The monoisotopic (exact) mass is 406 g/mol. The van der Waals surface area contributed by atoms with Crippen LogP contribution in [-0.4, -0.2) is 19.5 Å². The van der Waals surface area contributed by atoms with Crippen LogP contribution in [0, 0.1) is 0 Å². The highest BCUT2D eigenvalue weighted by Crippen LogP contribution is 2.22. The fourth-order valence-corrected chi connectivity index (χ4v) is 3.13. The summed E-state index contributed by atoms with van der Waals surface area (Å²) in [5.74, 6) is 0. The van der Waals surface area contributed by atoms with Crippen LogP contribution in [0.15, 0.2) is 58.0 Å². The number of rotatable bonds is 0. The van der Waals surface area contributed by atoms with Gasteiger partial charge in [-0.05, 0) is 56.1 Å². The SMILES string of the molecule is Brc1c[nH]c2cccnc12.Cn1cc(Br)c2ncccc21. The van der Waals surface area contributed by atoms with E-state index < -0.39 is 0 Å². The Bertz CT molecular complexity index is 859. The molecule has 0 unspecified atom stereocenters. The van der Waals surface area contributed by atoms with Gasteiger partial charge in [-0.1, -0.05) is 0 Å². The third kappa shape index (κ3) is 2.87. The number of hydrogen-bond acceptors (Lipinski definition) is 2. The first-order chi connectivity index (χ1) is 10.2. The first-order valence-electron chi connectivity index (χ1n) is 6.30. The largest absolute Gasteiger partial charge is 0.359 e. The Morgan fingerprint density at radius 1 is 1.00 bits per heavy atom. The second kappa shape index (κ2) is 5.99. The van der Waals surface area contributed by atoms with Crippen molar-refractivity contribution in [3.63, 3.8) is 0 Å². The van der Waals surface area contributed by atoms with Crippen LogP contribution in [-0.2, 0) is 7.05 Å². The molecule has 0 saturated heterocycles. The molecule has 0 aromatic carbocycles. The highest BCUT2D eigenvalue weighted by molar-refractivity contribution is 9.11. The Morgan fingerprint density at radius 3 is 2.43 bits per heavy atom. The van der Waals surface area contributed by atoms with E-state index in [1.54, 1.807) is 12.4 Å². The second-order valence-electron chi connectivity index (χ2n) is 4.50. The molecule has 0 saturated carbocycles. The number of pyridine rings is 2. The summed E-state index contributed by atoms with van der Waals surface area (Å²) < 4.78 is 4.12. The molecule has 4 rings (SSSR count). The fourth-order valence-electron chi connectivity index (χ4n) is 2.09. The lowest BCUT2D eigenvalue weighted by Gasteiger charge is -1.91. The van der Waals surface area contributed by atoms with Crippen LogP contribution < -0.4 is 0 Å². The van der Waals surface area contributed by atoms with Gasteiger partial charge in [0.1, 0.15) is 11.0 Å². The summed E-state index contributed by atoms with van der Waals surface area (Å²) in [7, 11) is 2.01. The zero-order valence-corrected chi connectivity index (χ0v) is 14.4. The zero-order chi connectivity index (χ0) is 14.8. The Labute approximate surface area is 138 Å². The summed E-state index contributed by atoms with van der Waals surface area (Å²) in [6.45, 7) is 0. The highest BCUT2D eigenvalue weighted by Gasteiger charge is 2.02. The van der Waals surface area contributed by atoms with Crippen molar-refractivity contribution in [2.45, 2.75) is 0 Å². The standard InChI is InChI=1S/C8H7BrN2.C7H5BrN2/c1-11-5-6(9)8-7(11)3-2-4-10-8;8-5-4-10-6-2-1-3-9-7(5)6/h2-5H,1H3;1-4,10H. The van der Waals surface area contributed by atoms with Gasteiger partial charge in [-0.25, -0.2) is 0 Å². The number of aromatic nitrogens is 4. The summed E-state index contributed by atoms with van der Waals surface area (Å²) in [4.78, 5) is 11.5. The predicted molar refractivity (Wildman–Crippen MR) is 92.2 cm³/mol. The molecule has 0 radical (unpaired) electrons. The van der Waals surface area contributed by atoms with Crippen LogP contribution in [0.2, 0.25) is 0 Å². The molecular formula is C15H12Br2N4. The van der Waals surface area contributed by atoms with Crippen molar-refractivity contribution in [1.82, 2.24) is 19.5 Å². The van der Waals surface area contributed by atoms with Gasteiger partial charge >= 0.3 is 0 Å². The number of H-pyrrole nitrogens is 1. The van der Waals surface area contributed by atoms with Crippen molar-refractivity contribution in [2.75, 3.05) is 0 Å². The maximum absolute atomic E-state index is 4.23. The van der Waals surface area contributed by atoms with Crippen molar-refractivity contribution >= 4 is 53.9 Å². The van der Waals surface area contributed by atoms with Crippen molar-refractivity contribution in [3.8, 4) is 0 Å². The van der Waals surface area contributed by atoms with E-state index in [1.807, 2.05) is 48.3 Å². The number of fused-ring (bicyclic) bond motifs is 2. The van der Waals surface area contributed by atoms with Gasteiger partial charge in [0.25, 0.3) is 0 Å². The molecule has 0 bridgehead atoms. The Morgan fingerprint density at radius 2 is 1.71 bits per heavy atom. The fraction of sp³-hybridized carbons (Fsp3) is 0.0667. The van der Waals surface area contributed by atoms with Crippen LogP contribution in [0.5, 0.6) is 0 Å². The molecule has 0 aliphatic heterocycles. The van der Waals surface area contributed by atoms with E-state index in [4.69, 9.17) is 0 Å². The van der Waals surface area contributed by atoms with Gasteiger partial charge in [-0.15, -0.1) is 0 Å². The Balaban J connectivity index is 0.000000126. The number of nitrogens with one attached hydrogen (secondary N) is 1. The van der Waals surface area contributed by atoms with Crippen LogP contribution in [0.4, 0.5) is 0 Å². The topological polar surface area (TPSA) is 46.5 Å². The molecule has 4 aromatic rings. The molecule has 1 N–H and O–H groups in total. The number of halogens is 2. The zero-order valence-electron chi connectivity index (χ0n) is 11.2. The smallest absolute Gasteiger partial charge is 0.102 e. The third-order valence-electron chi connectivity index (χ3n) is 3.09. The average molecular weight is 408 g/mol. The minimum atomic E-state index is 0.988. The molecule has 0 spiro atoms. The highest BCUT2D eigenvalue weighted by atomic mass is 79.9. The summed E-state index contributed by atoms with van der Waals surface area (Å²) in [5.41, 5.74) is 4.23. The molecule has 21 heavy (non-hydrogen) atoms. The van der Waals surface area contributed by atoms with Crippen LogP contribution in [0.25, 0.3) is 22.1 Å². The van der Waals surface area contributed by atoms with E-state index in [0.717, 1.165) is 31.0 Å². The lowest BCUT2D eigenvalue weighted by Crippen LogP contribution is -1.82. The number of aryl methyl sites for hydroxylation is 1. The van der Waals surface area contributed by atoms with Gasteiger partial charge in [0.15, 0.2) is 0 Å². The van der Waals surface area contributed by atoms with Gasteiger partial charge in [-0.2, -0.15) is 0 Å². The summed E-state index contributed by atoms with van der Waals surface area (Å²) >= 11 is 6.81. The van der Waals surface area contributed by atoms with Gasteiger partial charge in [0, 0.05) is 31.8 Å². The first kappa shape index (κ1) is 14.3. The number of nitrogens with zero attached hydrogens (tertiary/aromatic N) is 3. The van der Waals surface area contributed by atoms with Crippen molar-refractivity contribution in [1.29, 1.82) is 0 Å². The molecule has 106 valence electrons. The summed E-state index contributed by atoms with van der Waals surface area (Å²) in [5, 5.41) is 0. The summed E-state index contributed by atoms with van der Waals surface area (Å²) in [6.07, 6.45) is 7.48. The van der Waals surface area contributed by atoms with E-state index in [1.165, 1.54) is 0 Å². The molecule has 0 aliphatic carbocycles. The molecular weight excluding hydrogens is 396 g/mol. The van der Waals surface area contributed by atoms with E-state index in [9.17, 15) is 0 Å². The van der Waals surface area contributed by atoms with Gasteiger partial charge in [0.2, 0.25) is 0 Å². The second-order valence-corrected chi connectivity index (χ2v) is 6.20. The maximum atomic E-state index is 4.23. The van der Waals surface area contributed by atoms with Gasteiger partial charge in [-0.3, -0.25) is 9.97 Å². The normalized spacial score (nSPS) is 10.6. The average Bonchev–Trinajstić information content (AvgIpc) is 3.02. The van der Waals surface area contributed by atoms with E-state index >= 15 is 0 Å². The van der Waals surface area contributed by atoms with Crippen LogP contribution in [0.1, 0.15) is 0 Å². The molecule has 4 aromatic heterocycles. The van der Waals surface area contributed by atoms with E-state index in [-0.39, 0.29) is 0 Å². The van der Waals surface area contributed by atoms with Crippen molar-refractivity contribution in [3.05, 3.63) is 58.0 Å². The molecule has 6 heteroatoms. The minimum absolute atomic E-state index is 0.988. The molecule has 0 fully saturated rings. The van der Waals surface area contributed by atoms with Crippen molar-refractivity contribution in [2.24, 2.45) is 7.05 Å². The maximum Gasteiger partial charge on any atom is 0.102 e. The first-order valence-corrected chi connectivity index (χ1v) is 7.88.